The molecule has 1 heterocycles. The Morgan fingerprint density at radius 3 is 2.34 bits per heavy atom. The lowest BCUT2D eigenvalue weighted by Crippen LogP contribution is -2.29. The molecule has 0 atom stereocenters. The van der Waals surface area contributed by atoms with E-state index < -0.39 is 16.1 Å². The Balaban J connectivity index is 1.61. The van der Waals surface area contributed by atoms with Crippen molar-refractivity contribution in [2.75, 3.05) is 18.0 Å². The van der Waals surface area contributed by atoms with Crippen LogP contribution in [0.1, 0.15) is 11.1 Å². The van der Waals surface area contributed by atoms with Crippen LogP contribution in [0.2, 0.25) is 0 Å². The number of benzene rings is 3. The number of aryl methyl sites for hydroxylation is 2. The van der Waals surface area contributed by atoms with Crippen molar-refractivity contribution in [3.8, 4) is 11.5 Å². The first kappa shape index (κ1) is 19.1. The number of aromatic hydroxyl groups is 1. The van der Waals surface area contributed by atoms with Crippen molar-refractivity contribution in [3.05, 3.63) is 65.7 Å². The average Bonchev–Trinajstić information content (AvgIpc) is 2.98. The number of phenolic OH excluding ortho intramolecular Hbond substituents is 1. The molecule has 8 heteroatoms. The fraction of sp³-hybridized carbons (Fsp3) is 0.190. The second-order valence-corrected chi connectivity index (χ2v) is 8.50. The minimum absolute atomic E-state index is 0.0863. The molecular weight excluding hydrogens is 392 g/mol. The number of amides is 1. The van der Waals surface area contributed by atoms with Gasteiger partial charge in [0.15, 0.2) is 0 Å². The van der Waals surface area contributed by atoms with E-state index in [0.717, 1.165) is 39.2 Å². The number of hydrogen-bond acceptors (Lipinski definition) is 5. The van der Waals surface area contributed by atoms with Crippen LogP contribution in [0.25, 0.3) is 10.8 Å². The molecular formula is C21H20N2O5S. The van der Waals surface area contributed by atoms with Crippen molar-refractivity contribution >= 4 is 32.6 Å². The van der Waals surface area contributed by atoms with E-state index in [0.29, 0.717) is 0 Å². The molecule has 0 spiro atoms. The molecule has 0 saturated carbocycles. The third-order valence-electron chi connectivity index (χ3n) is 4.95. The van der Waals surface area contributed by atoms with Crippen molar-refractivity contribution in [1.29, 1.82) is 0 Å². The highest BCUT2D eigenvalue weighted by atomic mass is 32.2. The molecule has 3 aromatic carbocycles. The van der Waals surface area contributed by atoms with Crippen LogP contribution in [0.3, 0.4) is 0 Å². The second-order valence-electron chi connectivity index (χ2n) is 6.91. The number of phenols is 1. The number of fused-ring (bicyclic) bond motifs is 1. The number of ether oxygens (including phenoxy) is 1. The van der Waals surface area contributed by atoms with Gasteiger partial charge in [-0.3, -0.25) is 4.79 Å². The van der Waals surface area contributed by atoms with Crippen LogP contribution in [-0.2, 0) is 27.8 Å². The number of carbonyl (C=O) groups is 1. The Hall–Kier alpha value is -3.26. The van der Waals surface area contributed by atoms with Gasteiger partial charge >= 0.3 is 10.2 Å². The lowest BCUT2D eigenvalue weighted by Gasteiger charge is -2.17. The molecule has 1 amide bonds. The van der Waals surface area contributed by atoms with E-state index in [9.17, 15) is 18.3 Å². The zero-order valence-electron chi connectivity index (χ0n) is 15.8. The Labute approximate surface area is 168 Å². The molecule has 1 aliphatic heterocycles. The number of hydrogen-bond donors (Lipinski definition) is 2. The highest BCUT2D eigenvalue weighted by molar-refractivity contribution is 7.92. The summed E-state index contributed by atoms with van der Waals surface area (Å²) in [6.45, 7) is -0.349. The minimum atomic E-state index is -3.98. The summed E-state index contributed by atoms with van der Waals surface area (Å²) < 4.78 is 32.2. The number of methoxy groups -OCH3 is 1. The zero-order valence-corrected chi connectivity index (χ0v) is 16.6. The van der Waals surface area contributed by atoms with Crippen LogP contribution in [-0.4, -0.2) is 33.1 Å². The van der Waals surface area contributed by atoms with E-state index in [1.54, 1.807) is 13.2 Å². The second kappa shape index (κ2) is 7.29. The van der Waals surface area contributed by atoms with Crippen molar-refractivity contribution in [1.82, 2.24) is 4.72 Å². The van der Waals surface area contributed by atoms with Gasteiger partial charge in [0.25, 0.3) is 5.91 Å². The normalized spacial score (nSPS) is 15.5. The Morgan fingerprint density at radius 2 is 1.69 bits per heavy atom. The average molecular weight is 412 g/mol. The highest BCUT2D eigenvalue weighted by Gasteiger charge is 2.35. The first-order valence-electron chi connectivity index (χ1n) is 9.07. The SMILES string of the molecule is COc1ccc(CCc2ccc3cc(O)c(N4CC(=O)NS4(=O)=O)cc3c2)cc1. The largest absolute Gasteiger partial charge is 0.506 e. The van der Waals surface area contributed by atoms with E-state index >= 15 is 0 Å². The molecule has 7 nitrogen and oxygen atoms in total. The molecule has 150 valence electrons. The topological polar surface area (TPSA) is 95.9 Å². The summed E-state index contributed by atoms with van der Waals surface area (Å²) in [5, 5.41) is 11.9. The molecule has 4 rings (SSSR count). The van der Waals surface area contributed by atoms with Crippen molar-refractivity contribution in [2.24, 2.45) is 0 Å². The monoisotopic (exact) mass is 412 g/mol. The van der Waals surface area contributed by atoms with Gasteiger partial charge in [-0.25, -0.2) is 9.03 Å². The zero-order chi connectivity index (χ0) is 20.6. The van der Waals surface area contributed by atoms with Crippen LogP contribution in [0.5, 0.6) is 11.5 Å². The minimum Gasteiger partial charge on any atom is -0.506 e. The third-order valence-corrected chi connectivity index (χ3v) is 6.34. The molecule has 1 saturated heterocycles. The van der Waals surface area contributed by atoms with Gasteiger partial charge in [-0.2, -0.15) is 8.42 Å². The summed E-state index contributed by atoms with van der Waals surface area (Å²) >= 11 is 0. The van der Waals surface area contributed by atoms with Crippen LogP contribution in [0.15, 0.2) is 54.6 Å². The number of carbonyl (C=O) groups excluding carboxylic acids is 1. The summed E-state index contributed by atoms with van der Waals surface area (Å²) in [4.78, 5) is 11.5. The highest BCUT2D eigenvalue weighted by Crippen LogP contribution is 2.35. The molecule has 0 aliphatic carbocycles. The van der Waals surface area contributed by atoms with Gasteiger partial charge in [-0.1, -0.05) is 30.3 Å². The van der Waals surface area contributed by atoms with Crippen molar-refractivity contribution in [2.45, 2.75) is 12.8 Å². The third kappa shape index (κ3) is 3.84. The summed E-state index contributed by atoms with van der Waals surface area (Å²) in [5.74, 6) is -0.00192. The first-order valence-corrected chi connectivity index (χ1v) is 10.5. The van der Waals surface area contributed by atoms with E-state index in [-0.39, 0.29) is 18.0 Å². The van der Waals surface area contributed by atoms with Crippen molar-refractivity contribution < 1.29 is 23.1 Å². The number of nitrogens with zero attached hydrogens (tertiary/aromatic N) is 1. The predicted octanol–water partition coefficient (Wildman–Crippen LogP) is 2.52. The van der Waals surface area contributed by atoms with Crippen LogP contribution in [0.4, 0.5) is 5.69 Å². The number of nitrogens with one attached hydrogen (secondary N) is 1. The molecule has 1 aliphatic rings. The first-order chi connectivity index (χ1) is 13.9. The Kier molecular flexibility index (Phi) is 4.79. The molecule has 0 unspecified atom stereocenters. The van der Waals surface area contributed by atoms with Gasteiger partial charge in [0.1, 0.15) is 18.0 Å². The van der Waals surface area contributed by atoms with Crippen LogP contribution >= 0.6 is 0 Å². The molecule has 2 N–H and O–H groups in total. The quantitative estimate of drug-likeness (QED) is 0.671. The molecule has 3 aromatic rings. The maximum atomic E-state index is 12.1. The lowest BCUT2D eigenvalue weighted by molar-refractivity contribution is -0.117. The molecule has 0 bridgehead atoms. The summed E-state index contributed by atoms with van der Waals surface area (Å²) in [7, 11) is -2.34. The molecule has 0 aromatic heterocycles. The van der Waals surface area contributed by atoms with Crippen LogP contribution < -0.4 is 13.8 Å². The van der Waals surface area contributed by atoms with Gasteiger partial charge in [0, 0.05) is 0 Å². The van der Waals surface area contributed by atoms with Gasteiger partial charge in [-0.05, 0) is 59.0 Å². The van der Waals surface area contributed by atoms with Crippen molar-refractivity contribution in [3.63, 3.8) is 0 Å². The summed E-state index contributed by atoms with van der Waals surface area (Å²) in [6.07, 6.45) is 1.65. The maximum absolute atomic E-state index is 12.1. The van der Waals surface area contributed by atoms with E-state index in [2.05, 4.69) is 0 Å². The van der Waals surface area contributed by atoms with Gasteiger partial charge in [0.05, 0.1) is 12.8 Å². The Morgan fingerprint density at radius 1 is 1.00 bits per heavy atom. The fourth-order valence-corrected chi connectivity index (χ4v) is 4.58. The molecule has 0 radical (unpaired) electrons. The Bertz CT molecular complexity index is 1190. The standard InChI is InChI=1S/C21H20N2O5S/c1-28-18-8-5-14(6-9-18)2-3-15-4-7-16-12-20(24)19(11-17(16)10-15)23-13-21(25)22-29(23,26)27/h4-12,24H,2-3,13H2,1H3,(H,22,25). The predicted molar refractivity (Wildman–Crippen MR) is 110 cm³/mol. The number of rotatable bonds is 5. The fourth-order valence-electron chi connectivity index (χ4n) is 3.42. The van der Waals surface area contributed by atoms with Gasteiger partial charge in [0.2, 0.25) is 0 Å². The van der Waals surface area contributed by atoms with E-state index in [1.807, 2.05) is 47.2 Å². The van der Waals surface area contributed by atoms with Gasteiger partial charge in [-0.15, -0.1) is 0 Å². The van der Waals surface area contributed by atoms with Crippen LogP contribution in [0, 0.1) is 0 Å². The molecule has 29 heavy (non-hydrogen) atoms. The lowest BCUT2D eigenvalue weighted by atomic mass is 10.0. The maximum Gasteiger partial charge on any atom is 0.326 e. The number of anilines is 1. The smallest absolute Gasteiger partial charge is 0.326 e. The molecule has 1 fully saturated rings. The summed E-state index contributed by atoms with van der Waals surface area (Å²) in [6, 6.07) is 16.9. The van der Waals surface area contributed by atoms with Gasteiger partial charge < -0.3 is 9.84 Å². The summed E-state index contributed by atoms with van der Waals surface area (Å²) in [5.41, 5.74) is 2.36. The van der Waals surface area contributed by atoms with E-state index in [1.165, 1.54) is 11.6 Å². The van der Waals surface area contributed by atoms with E-state index in [4.69, 9.17) is 4.74 Å².